The van der Waals surface area contributed by atoms with Gasteiger partial charge < -0.3 is 0 Å². The molecule has 0 spiro atoms. The van der Waals surface area contributed by atoms with E-state index in [9.17, 15) is 0 Å². The molecule has 0 aromatic heterocycles. The van der Waals surface area contributed by atoms with E-state index in [-0.39, 0.29) is 7.43 Å². The van der Waals surface area contributed by atoms with Gasteiger partial charge in [0.05, 0.1) is 0 Å². The summed E-state index contributed by atoms with van der Waals surface area (Å²) in [5, 5.41) is 0. The third kappa shape index (κ3) is 3.54. The Hall–Kier alpha value is -1.30. The molecule has 0 amide bonds. The molecular weight excluding hydrogens is 264 g/mol. The molecule has 0 radical (unpaired) electrons. The second-order valence-electron chi connectivity index (χ2n) is 7.12. The van der Waals surface area contributed by atoms with Crippen LogP contribution in [0.2, 0.25) is 0 Å². The highest BCUT2D eigenvalue weighted by molar-refractivity contribution is 5.64. The third-order valence-corrected chi connectivity index (χ3v) is 5.38. The Bertz CT molecular complexity index is 560. The van der Waals surface area contributed by atoms with Gasteiger partial charge in [0.15, 0.2) is 0 Å². The summed E-state index contributed by atoms with van der Waals surface area (Å²) in [4.78, 5) is 0. The minimum absolute atomic E-state index is 0. The molecule has 22 heavy (non-hydrogen) atoms. The molecule has 1 aromatic carbocycles. The van der Waals surface area contributed by atoms with Crippen molar-refractivity contribution in [1.82, 2.24) is 0 Å². The zero-order valence-corrected chi connectivity index (χ0v) is 13.7. The highest BCUT2D eigenvalue weighted by Crippen LogP contribution is 2.31. The maximum Gasteiger partial charge on any atom is -0.0204 e. The lowest BCUT2D eigenvalue weighted by Gasteiger charge is -2.15. The fourth-order valence-corrected chi connectivity index (χ4v) is 3.69. The van der Waals surface area contributed by atoms with Crippen LogP contribution in [-0.2, 0) is 12.8 Å². The zero-order chi connectivity index (χ0) is 14.8. The van der Waals surface area contributed by atoms with Gasteiger partial charge in [0, 0.05) is 0 Å². The summed E-state index contributed by atoms with van der Waals surface area (Å²) in [6.07, 6.45) is 16.0. The van der Waals surface area contributed by atoms with Gasteiger partial charge in [-0.15, -0.1) is 0 Å². The molecule has 0 fully saturated rings. The Morgan fingerprint density at radius 1 is 0.955 bits per heavy atom. The second kappa shape index (κ2) is 7.31. The van der Waals surface area contributed by atoms with Gasteiger partial charge in [-0.05, 0) is 72.1 Å². The van der Waals surface area contributed by atoms with Crippen LogP contribution >= 0.6 is 0 Å². The van der Waals surface area contributed by atoms with E-state index in [1.807, 2.05) is 0 Å². The standard InChI is InChI=1S/C21H28.CH4/c1-4-16-5-7-18-13-20-11-9-17(15(2)3)10-12-21(20)14-19(18)8-6-16;/h5,7,10,12-17H,4,6,8-9,11H2,1-3H3;1H4. The van der Waals surface area contributed by atoms with Crippen molar-refractivity contribution in [2.75, 3.05) is 0 Å². The maximum absolute atomic E-state index is 2.46. The van der Waals surface area contributed by atoms with E-state index in [2.05, 4.69) is 57.2 Å². The molecule has 120 valence electrons. The first kappa shape index (κ1) is 17.1. The fourth-order valence-electron chi connectivity index (χ4n) is 3.69. The van der Waals surface area contributed by atoms with Crippen molar-refractivity contribution >= 4 is 12.2 Å². The van der Waals surface area contributed by atoms with Crippen LogP contribution in [0.15, 0.2) is 24.3 Å². The van der Waals surface area contributed by atoms with Gasteiger partial charge in [-0.25, -0.2) is 0 Å². The monoisotopic (exact) mass is 296 g/mol. The normalized spacial score (nSPS) is 23.3. The lowest BCUT2D eigenvalue weighted by molar-refractivity contribution is 0.440. The summed E-state index contributed by atoms with van der Waals surface area (Å²) in [6.45, 7) is 6.98. The summed E-state index contributed by atoms with van der Waals surface area (Å²) >= 11 is 0. The SMILES string of the molecule is C.CCC1C=Cc2cc3c(cc2CC1)C=CC(C(C)C)CC3. The van der Waals surface area contributed by atoms with Crippen LogP contribution in [0.1, 0.15) is 69.7 Å². The summed E-state index contributed by atoms with van der Waals surface area (Å²) in [5.74, 6) is 2.24. The van der Waals surface area contributed by atoms with Crippen LogP contribution in [-0.4, -0.2) is 0 Å². The molecule has 0 aliphatic heterocycles. The van der Waals surface area contributed by atoms with E-state index < -0.39 is 0 Å². The van der Waals surface area contributed by atoms with Crippen LogP contribution in [0, 0.1) is 17.8 Å². The number of benzene rings is 1. The van der Waals surface area contributed by atoms with Crippen molar-refractivity contribution in [3.63, 3.8) is 0 Å². The van der Waals surface area contributed by atoms with E-state index in [0.717, 1.165) is 17.8 Å². The zero-order valence-electron chi connectivity index (χ0n) is 13.7. The van der Waals surface area contributed by atoms with E-state index in [4.69, 9.17) is 0 Å². The number of hydrogen-bond donors (Lipinski definition) is 0. The van der Waals surface area contributed by atoms with E-state index in [1.165, 1.54) is 43.2 Å². The lowest BCUT2D eigenvalue weighted by Crippen LogP contribution is -2.05. The minimum Gasteiger partial charge on any atom is -0.0808 e. The van der Waals surface area contributed by atoms with E-state index in [1.54, 1.807) is 11.1 Å². The van der Waals surface area contributed by atoms with Gasteiger partial charge in [0.1, 0.15) is 0 Å². The van der Waals surface area contributed by atoms with Gasteiger partial charge in [0.25, 0.3) is 0 Å². The largest absolute Gasteiger partial charge is 0.0808 e. The molecule has 3 rings (SSSR count). The first-order chi connectivity index (χ1) is 10.2. The Morgan fingerprint density at radius 2 is 1.55 bits per heavy atom. The van der Waals surface area contributed by atoms with Gasteiger partial charge in [-0.1, -0.05) is 64.6 Å². The van der Waals surface area contributed by atoms with Crippen LogP contribution in [0.25, 0.3) is 12.2 Å². The molecule has 0 saturated carbocycles. The fraction of sp³-hybridized carbons (Fsp3) is 0.545. The molecular formula is C22H32. The predicted octanol–water partition coefficient (Wildman–Crippen LogP) is 6.54. The quantitative estimate of drug-likeness (QED) is 0.581. The molecule has 0 bridgehead atoms. The number of allylic oxidation sites excluding steroid dienone is 2. The third-order valence-electron chi connectivity index (χ3n) is 5.38. The van der Waals surface area contributed by atoms with E-state index >= 15 is 0 Å². The summed E-state index contributed by atoms with van der Waals surface area (Å²) in [5.41, 5.74) is 6.04. The first-order valence-electron chi connectivity index (χ1n) is 8.69. The van der Waals surface area contributed by atoms with Gasteiger partial charge in [-0.2, -0.15) is 0 Å². The molecule has 0 heteroatoms. The highest BCUT2D eigenvalue weighted by atomic mass is 14.2. The van der Waals surface area contributed by atoms with Crippen molar-refractivity contribution in [3.05, 3.63) is 46.5 Å². The molecule has 0 N–H and O–H groups in total. The first-order valence-corrected chi connectivity index (χ1v) is 8.69. The average molecular weight is 296 g/mol. The summed E-state index contributed by atoms with van der Waals surface area (Å²) < 4.78 is 0. The predicted molar refractivity (Wildman–Crippen MR) is 100.0 cm³/mol. The molecule has 1 aromatic rings. The summed E-state index contributed by atoms with van der Waals surface area (Å²) in [6, 6.07) is 4.93. The van der Waals surface area contributed by atoms with Gasteiger partial charge >= 0.3 is 0 Å². The Labute approximate surface area is 137 Å². The van der Waals surface area contributed by atoms with Crippen molar-refractivity contribution in [2.24, 2.45) is 17.8 Å². The minimum atomic E-state index is 0. The molecule has 0 saturated heterocycles. The van der Waals surface area contributed by atoms with Crippen molar-refractivity contribution in [1.29, 1.82) is 0 Å². The summed E-state index contributed by atoms with van der Waals surface area (Å²) in [7, 11) is 0. The topological polar surface area (TPSA) is 0 Å². The Morgan fingerprint density at radius 3 is 2.14 bits per heavy atom. The van der Waals surface area contributed by atoms with Crippen LogP contribution in [0.5, 0.6) is 0 Å². The van der Waals surface area contributed by atoms with Gasteiger partial charge in [0.2, 0.25) is 0 Å². The lowest BCUT2D eigenvalue weighted by atomic mass is 9.90. The maximum atomic E-state index is 2.46. The van der Waals surface area contributed by atoms with Crippen LogP contribution in [0.3, 0.4) is 0 Å². The highest BCUT2D eigenvalue weighted by Gasteiger charge is 2.17. The molecule has 2 unspecified atom stereocenters. The number of rotatable bonds is 2. The molecule has 0 nitrogen and oxygen atoms in total. The van der Waals surface area contributed by atoms with Gasteiger partial charge in [-0.3, -0.25) is 0 Å². The Kier molecular flexibility index (Phi) is 5.67. The van der Waals surface area contributed by atoms with Crippen molar-refractivity contribution < 1.29 is 0 Å². The molecule has 0 heterocycles. The second-order valence-corrected chi connectivity index (χ2v) is 7.12. The number of fused-ring (bicyclic) bond motifs is 2. The number of aryl methyl sites for hydroxylation is 2. The van der Waals surface area contributed by atoms with Crippen LogP contribution in [0.4, 0.5) is 0 Å². The smallest absolute Gasteiger partial charge is 0.0204 e. The van der Waals surface area contributed by atoms with Crippen molar-refractivity contribution in [3.8, 4) is 0 Å². The van der Waals surface area contributed by atoms with Crippen molar-refractivity contribution in [2.45, 2.75) is 60.3 Å². The van der Waals surface area contributed by atoms with E-state index in [0.29, 0.717) is 0 Å². The number of hydrogen-bond acceptors (Lipinski definition) is 0. The molecule has 2 atom stereocenters. The molecule has 2 aliphatic rings. The average Bonchev–Trinajstić information content (AvgIpc) is 2.80. The molecule has 2 aliphatic carbocycles. The van der Waals surface area contributed by atoms with Crippen LogP contribution < -0.4 is 0 Å². The Balaban J connectivity index is 0.00000176.